The van der Waals surface area contributed by atoms with Crippen molar-refractivity contribution < 1.29 is 8.42 Å². The van der Waals surface area contributed by atoms with Crippen molar-refractivity contribution in [1.82, 2.24) is 0 Å². The first-order valence-electron chi connectivity index (χ1n) is 5.41. The molecule has 19 heavy (non-hydrogen) atoms. The number of nitrogen functional groups attached to an aromatic ring is 1. The molecule has 0 amide bonds. The maximum absolute atomic E-state index is 12.3. The van der Waals surface area contributed by atoms with E-state index in [1.54, 1.807) is 36.4 Å². The van der Waals surface area contributed by atoms with Gasteiger partial charge in [0.05, 0.1) is 10.6 Å². The Bertz CT molecular complexity index is 716. The van der Waals surface area contributed by atoms with Crippen LogP contribution < -0.4 is 5.73 Å². The third kappa shape index (κ3) is 3.49. The number of anilines is 1. The Balaban J connectivity index is 2.38. The van der Waals surface area contributed by atoms with Gasteiger partial charge in [0, 0.05) is 15.2 Å². The van der Waals surface area contributed by atoms with Crippen molar-refractivity contribution >= 4 is 43.1 Å². The number of benzene rings is 2. The molecule has 100 valence electrons. The highest BCUT2D eigenvalue weighted by molar-refractivity contribution is 9.10. The molecule has 0 heterocycles. The zero-order valence-corrected chi connectivity index (χ0v) is 13.0. The fraction of sp³-hybridized carbons (Fsp3) is 0.0769. The molecule has 0 aliphatic heterocycles. The zero-order valence-electron chi connectivity index (χ0n) is 9.81. The second-order valence-corrected chi connectivity index (χ2v) is 7.33. The Morgan fingerprint density at radius 2 is 1.89 bits per heavy atom. The standard InChI is InChI=1S/C13H11BrClNO2S/c14-12-7-11(16)4-5-13(12)19(17,18)8-9-2-1-3-10(15)6-9/h1-7H,8,16H2. The average molecular weight is 361 g/mol. The first-order chi connectivity index (χ1) is 8.88. The van der Waals surface area contributed by atoms with Crippen LogP contribution in [0.5, 0.6) is 0 Å². The zero-order chi connectivity index (χ0) is 14.0. The molecular formula is C13H11BrClNO2S. The molecule has 2 aromatic rings. The lowest BCUT2D eigenvalue weighted by molar-refractivity contribution is 0.595. The Labute approximate surface area is 125 Å². The molecule has 2 rings (SSSR count). The van der Waals surface area contributed by atoms with Crippen molar-refractivity contribution in [2.24, 2.45) is 0 Å². The molecule has 3 nitrogen and oxygen atoms in total. The Morgan fingerprint density at radius 3 is 2.53 bits per heavy atom. The van der Waals surface area contributed by atoms with Crippen molar-refractivity contribution in [3.8, 4) is 0 Å². The van der Waals surface area contributed by atoms with Gasteiger partial charge in [-0.15, -0.1) is 0 Å². The summed E-state index contributed by atoms with van der Waals surface area (Å²) < 4.78 is 25.1. The lowest BCUT2D eigenvalue weighted by atomic mass is 10.2. The monoisotopic (exact) mass is 359 g/mol. The van der Waals surface area contributed by atoms with Gasteiger partial charge in [0.1, 0.15) is 0 Å². The summed E-state index contributed by atoms with van der Waals surface area (Å²) >= 11 is 9.08. The number of sulfone groups is 1. The maximum Gasteiger partial charge on any atom is 0.183 e. The van der Waals surface area contributed by atoms with Crippen LogP contribution in [0.2, 0.25) is 5.02 Å². The molecule has 0 saturated carbocycles. The van der Waals surface area contributed by atoms with E-state index >= 15 is 0 Å². The molecule has 0 spiro atoms. The van der Waals surface area contributed by atoms with E-state index in [0.717, 1.165) is 0 Å². The summed E-state index contributed by atoms with van der Waals surface area (Å²) in [5.74, 6) is -0.101. The average Bonchev–Trinajstić information content (AvgIpc) is 2.27. The van der Waals surface area contributed by atoms with Gasteiger partial charge in [-0.3, -0.25) is 0 Å². The topological polar surface area (TPSA) is 60.2 Å². The van der Waals surface area contributed by atoms with E-state index in [4.69, 9.17) is 17.3 Å². The largest absolute Gasteiger partial charge is 0.399 e. The predicted molar refractivity (Wildman–Crippen MR) is 80.9 cm³/mol. The number of hydrogen-bond acceptors (Lipinski definition) is 3. The van der Waals surface area contributed by atoms with Gasteiger partial charge in [-0.2, -0.15) is 0 Å². The fourth-order valence-electron chi connectivity index (χ4n) is 1.69. The molecule has 0 bridgehead atoms. The number of rotatable bonds is 3. The Hall–Kier alpha value is -1.04. The van der Waals surface area contributed by atoms with Crippen LogP contribution in [0.1, 0.15) is 5.56 Å². The predicted octanol–water partition coefficient (Wildman–Crippen LogP) is 3.66. The van der Waals surface area contributed by atoms with Gasteiger partial charge in [0.2, 0.25) is 0 Å². The van der Waals surface area contributed by atoms with Crippen molar-refractivity contribution in [2.75, 3.05) is 5.73 Å². The van der Waals surface area contributed by atoms with Crippen LogP contribution in [-0.2, 0) is 15.6 Å². The van der Waals surface area contributed by atoms with Gasteiger partial charge < -0.3 is 5.73 Å². The third-order valence-corrected chi connectivity index (χ3v) is 5.43. The van der Waals surface area contributed by atoms with E-state index < -0.39 is 9.84 Å². The van der Waals surface area contributed by atoms with E-state index in [1.165, 1.54) is 6.07 Å². The minimum atomic E-state index is -3.44. The van der Waals surface area contributed by atoms with Crippen LogP contribution >= 0.6 is 27.5 Å². The van der Waals surface area contributed by atoms with Crippen molar-refractivity contribution in [2.45, 2.75) is 10.6 Å². The number of halogens is 2. The molecule has 0 aromatic heterocycles. The highest BCUT2D eigenvalue weighted by Gasteiger charge is 2.18. The molecule has 0 radical (unpaired) electrons. The summed E-state index contributed by atoms with van der Waals surface area (Å²) in [7, 11) is -3.44. The van der Waals surface area contributed by atoms with Gasteiger partial charge >= 0.3 is 0 Å². The summed E-state index contributed by atoms with van der Waals surface area (Å²) in [6.45, 7) is 0. The molecule has 0 aliphatic rings. The first-order valence-corrected chi connectivity index (χ1v) is 8.23. The van der Waals surface area contributed by atoms with Crippen LogP contribution in [0.15, 0.2) is 51.8 Å². The van der Waals surface area contributed by atoms with Crippen LogP contribution in [-0.4, -0.2) is 8.42 Å². The normalized spacial score (nSPS) is 11.5. The summed E-state index contributed by atoms with van der Waals surface area (Å²) in [6.07, 6.45) is 0. The van der Waals surface area contributed by atoms with E-state index in [-0.39, 0.29) is 10.6 Å². The van der Waals surface area contributed by atoms with Crippen molar-refractivity contribution in [1.29, 1.82) is 0 Å². The number of nitrogens with two attached hydrogens (primary N) is 1. The van der Waals surface area contributed by atoms with E-state index in [2.05, 4.69) is 15.9 Å². The van der Waals surface area contributed by atoms with E-state index in [1.807, 2.05) is 0 Å². The van der Waals surface area contributed by atoms with Gasteiger partial charge in [-0.25, -0.2) is 8.42 Å². The smallest absolute Gasteiger partial charge is 0.183 e. The second-order valence-electron chi connectivity index (χ2n) is 4.08. The van der Waals surface area contributed by atoms with Gasteiger partial charge in [0.25, 0.3) is 0 Å². The molecule has 6 heteroatoms. The summed E-state index contributed by atoms with van der Waals surface area (Å²) in [5.41, 5.74) is 6.76. The van der Waals surface area contributed by atoms with E-state index in [9.17, 15) is 8.42 Å². The lowest BCUT2D eigenvalue weighted by Gasteiger charge is -2.08. The molecule has 2 aromatic carbocycles. The maximum atomic E-state index is 12.3. The van der Waals surface area contributed by atoms with Crippen molar-refractivity contribution in [3.05, 3.63) is 57.5 Å². The molecule has 0 atom stereocenters. The fourth-order valence-corrected chi connectivity index (χ4v) is 4.45. The van der Waals surface area contributed by atoms with Crippen LogP contribution in [0.3, 0.4) is 0 Å². The summed E-state index contributed by atoms with van der Waals surface area (Å²) in [6, 6.07) is 11.4. The van der Waals surface area contributed by atoms with Gasteiger partial charge in [0.15, 0.2) is 9.84 Å². The van der Waals surface area contributed by atoms with E-state index in [0.29, 0.717) is 20.7 Å². The Kier molecular flexibility index (Phi) is 4.18. The van der Waals surface area contributed by atoms with Gasteiger partial charge in [-0.1, -0.05) is 23.7 Å². The summed E-state index contributed by atoms with van der Waals surface area (Å²) in [4.78, 5) is 0.224. The number of hydrogen-bond donors (Lipinski definition) is 1. The minimum absolute atomic E-state index is 0.101. The van der Waals surface area contributed by atoms with Crippen LogP contribution in [0.25, 0.3) is 0 Å². The molecule has 0 unspecified atom stereocenters. The summed E-state index contributed by atoms with van der Waals surface area (Å²) in [5, 5.41) is 0.518. The van der Waals surface area contributed by atoms with Gasteiger partial charge in [-0.05, 0) is 51.8 Å². The highest BCUT2D eigenvalue weighted by Crippen LogP contribution is 2.27. The molecule has 0 saturated heterocycles. The SMILES string of the molecule is Nc1ccc(S(=O)(=O)Cc2cccc(Cl)c2)c(Br)c1. The lowest BCUT2D eigenvalue weighted by Crippen LogP contribution is -2.06. The minimum Gasteiger partial charge on any atom is -0.399 e. The van der Waals surface area contributed by atoms with Crippen LogP contribution in [0.4, 0.5) is 5.69 Å². The third-order valence-electron chi connectivity index (χ3n) is 2.54. The Morgan fingerprint density at radius 1 is 1.16 bits per heavy atom. The molecule has 0 fully saturated rings. The molecule has 2 N–H and O–H groups in total. The quantitative estimate of drug-likeness (QED) is 0.850. The second kappa shape index (κ2) is 5.53. The molecule has 0 aliphatic carbocycles. The van der Waals surface area contributed by atoms with Crippen molar-refractivity contribution in [3.63, 3.8) is 0 Å². The molecular weight excluding hydrogens is 350 g/mol. The highest BCUT2D eigenvalue weighted by atomic mass is 79.9. The van der Waals surface area contributed by atoms with Crippen LogP contribution in [0, 0.1) is 0 Å². The first kappa shape index (κ1) is 14.4.